The summed E-state index contributed by atoms with van der Waals surface area (Å²) < 4.78 is 0. The number of hydrogen-bond donors (Lipinski definition) is 3. The molecule has 0 bridgehead atoms. The van der Waals surface area contributed by atoms with Crippen LogP contribution in [0.1, 0.15) is 30.9 Å². The third kappa shape index (κ3) is 3.59. The van der Waals surface area contributed by atoms with E-state index in [1.807, 2.05) is 6.07 Å². The van der Waals surface area contributed by atoms with E-state index in [0.717, 1.165) is 11.3 Å². The van der Waals surface area contributed by atoms with E-state index in [-0.39, 0.29) is 18.2 Å². The van der Waals surface area contributed by atoms with E-state index in [9.17, 15) is 19.5 Å². The van der Waals surface area contributed by atoms with Crippen molar-refractivity contribution < 1.29 is 19.5 Å². The van der Waals surface area contributed by atoms with Gasteiger partial charge < -0.3 is 15.7 Å². The molecule has 2 amide bonds. The molecule has 1 atom stereocenters. The molecule has 0 radical (unpaired) electrons. The number of rotatable bonds is 5. The highest BCUT2D eigenvalue weighted by Crippen LogP contribution is 2.30. The van der Waals surface area contributed by atoms with Gasteiger partial charge in [0.05, 0.1) is 5.41 Å². The van der Waals surface area contributed by atoms with Crippen LogP contribution < -0.4 is 10.6 Å². The van der Waals surface area contributed by atoms with Gasteiger partial charge in [-0.2, -0.15) is 0 Å². The van der Waals surface area contributed by atoms with Crippen LogP contribution in [0.5, 0.6) is 0 Å². The average Bonchev–Trinajstić information content (AvgIpc) is 2.62. The molecule has 1 aliphatic rings. The quantitative estimate of drug-likeness (QED) is 0.771. The molecule has 6 heteroatoms. The van der Waals surface area contributed by atoms with Gasteiger partial charge in [0.2, 0.25) is 11.8 Å². The molecule has 2 aromatic rings. The van der Waals surface area contributed by atoms with E-state index >= 15 is 0 Å². The summed E-state index contributed by atoms with van der Waals surface area (Å²) in [5.41, 5.74) is 1.56. The summed E-state index contributed by atoms with van der Waals surface area (Å²) in [6, 6.07) is 14.0. The normalized spacial score (nSPS) is 15.3. The summed E-state index contributed by atoms with van der Waals surface area (Å²) in [6.45, 7) is 1.55. The number of aryl methyl sites for hydroxylation is 1. The van der Waals surface area contributed by atoms with Crippen LogP contribution in [0, 0.1) is 0 Å². The van der Waals surface area contributed by atoms with Gasteiger partial charge in [0.25, 0.3) is 0 Å². The van der Waals surface area contributed by atoms with Crippen molar-refractivity contribution in [2.24, 2.45) is 0 Å². The zero-order valence-corrected chi connectivity index (χ0v) is 14.4. The second kappa shape index (κ2) is 7.00. The predicted molar refractivity (Wildman–Crippen MR) is 98.1 cm³/mol. The van der Waals surface area contributed by atoms with Crippen LogP contribution in [-0.2, 0) is 26.2 Å². The maximum absolute atomic E-state index is 12.5. The van der Waals surface area contributed by atoms with Gasteiger partial charge in [-0.15, -0.1) is 0 Å². The summed E-state index contributed by atoms with van der Waals surface area (Å²) in [5.74, 6) is -1.44. The highest BCUT2D eigenvalue weighted by Gasteiger charge is 2.37. The monoisotopic (exact) mass is 352 g/mol. The molecular weight excluding hydrogens is 332 g/mol. The van der Waals surface area contributed by atoms with Crippen molar-refractivity contribution in [3.8, 4) is 0 Å². The van der Waals surface area contributed by atoms with Gasteiger partial charge in [0.15, 0.2) is 0 Å². The van der Waals surface area contributed by atoms with Crippen molar-refractivity contribution in [3.05, 3.63) is 59.7 Å². The molecule has 1 aliphatic heterocycles. The van der Waals surface area contributed by atoms with Gasteiger partial charge in [-0.3, -0.25) is 14.4 Å². The topological polar surface area (TPSA) is 95.5 Å². The first-order valence-electron chi connectivity index (χ1n) is 8.40. The van der Waals surface area contributed by atoms with E-state index < -0.39 is 11.4 Å². The maximum Gasteiger partial charge on any atom is 0.314 e. The molecule has 0 aliphatic carbocycles. The molecule has 0 aromatic heterocycles. The lowest BCUT2D eigenvalue weighted by Gasteiger charge is -2.25. The fourth-order valence-corrected chi connectivity index (χ4v) is 3.09. The van der Waals surface area contributed by atoms with Gasteiger partial charge in [-0.25, -0.2) is 0 Å². The van der Waals surface area contributed by atoms with E-state index in [1.54, 1.807) is 49.4 Å². The number of carboxylic acid groups (broad SMARTS) is 1. The van der Waals surface area contributed by atoms with Gasteiger partial charge >= 0.3 is 5.97 Å². The SMILES string of the molecule is CC(CC(=O)Nc1ccc2c(c1)CCC(=O)N2)(C(=O)O)c1ccccc1. The lowest BCUT2D eigenvalue weighted by Crippen LogP contribution is -2.36. The van der Waals surface area contributed by atoms with E-state index in [2.05, 4.69) is 10.6 Å². The fourth-order valence-electron chi connectivity index (χ4n) is 3.09. The Morgan fingerprint density at radius 2 is 1.88 bits per heavy atom. The predicted octanol–water partition coefficient (Wildman–Crippen LogP) is 2.94. The van der Waals surface area contributed by atoms with Crippen molar-refractivity contribution in [1.29, 1.82) is 0 Å². The van der Waals surface area contributed by atoms with Crippen LogP contribution in [0.3, 0.4) is 0 Å². The number of anilines is 2. The Hall–Kier alpha value is -3.15. The molecule has 26 heavy (non-hydrogen) atoms. The second-order valence-corrected chi connectivity index (χ2v) is 6.65. The number of fused-ring (bicyclic) bond motifs is 1. The summed E-state index contributed by atoms with van der Waals surface area (Å²) in [5, 5.41) is 15.2. The molecule has 3 rings (SSSR count). The standard InChI is InChI=1S/C20H20N2O4/c1-20(19(25)26,14-5-3-2-4-6-14)12-18(24)21-15-8-9-16-13(11-15)7-10-17(23)22-16/h2-6,8-9,11H,7,10,12H2,1H3,(H,21,24)(H,22,23)(H,25,26). The first-order valence-corrected chi connectivity index (χ1v) is 8.40. The molecule has 134 valence electrons. The minimum absolute atomic E-state index is 0.0191. The molecule has 6 nitrogen and oxygen atoms in total. The lowest BCUT2D eigenvalue weighted by molar-refractivity contribution is -0.145. The molecule has 2 aromatic carbocycles. The van der Waals surface area contributed by atoms with Gasteiger partial charge in [0.1, 0.15) is 0 Å². The van der Waals surface area contributed by atoms with Crippen molar-refractivity contribution in [2.45, 2.75) is 31.6 Å². The second-order valence-electron chi connectivity index (χ2n) is 6.65. The highest BCUT2D eigenvalue weighted by atomic mass is 16.4. The molecule has 1 heterocycles. The average molecular weight is 352 g/mol. The lowest BCUT2D eigenvalue weighted by atomic mass is 9.79. The number of amides is 2. The zero-order valence-electron chi connectivity index (χ0n) is 14.4. The van der Waals surface area contributed by atoms with Gasteiger partial charge in [-0.05, 0) is 42.7 Å². The van der Waals surface area contributed by atoms with Crippen LogP contribution >= 0.6 is 0 Å². The van der Waals surface area contributed by atoms with Crippen molar-refractivity contribution in [3.63, 3.8) is 0 Å². The molecule has 0 saturated carbocycles. The third-order valence-corrected chi connectivity index (χ3v) is 4.68. The number of aliphatic carboxylic acids is 1. The summed E-state index contributed by atoms with van der Waals surface area (Å²) in [7, 11) is 0. The van der Waals surface area contributed by atoms with Crippen molar-refractivity contribution >= 4 is 29.2 Å². The first kappa shape index (κ1) is 17.7. The first-order chi connectivity index (χ1) is 12.4. The summed E-state index contributed by atoms with van der Waals surface area (Å²) >= 11 is 0. The third-order valence-electron chi connectivity index (χ3n) is 4.68. The largest absolute Gasteiger partial charge is 0.481 e. The van der Waals surface area contributed by atoms with Crippen LogP contribution in [0.25, 0.3) is 0 Å². The van der Waals surface area contributed by atoms with Crippen molar-refractivity contribution in [2.75, 3.05) is 10.6 Å². The van der Waals surface area contributed by atoms with Crippen LogP contribution in [0.15, 0.2) is 48.5 Å². The fraction of sp³-hybridized carbons (Fsp3) is 0.250. The minimum atomic E-state index is -1.31. The number of nitrogens with one attached hydrogen (secondary N) is 2. The van der Waals surface area contributed by atoms with Crippen LogP contribution in [0.4, 0.5) is 11.4 Å². The molecule has 0 saturated heterocycles. The number of benzene rings is 2. The smallest absolute Gasteiger partial charge is 0.314 e. The van der Waals surface area contributed by atoms with Crippen LogP contribution in [-0.4, -0.2) is 22.9 Å². The molecule has 0 fully saturated rings. The Balaban J connectivity index is 1.75. The van der Waals surface area contributed by atoms with Crippen LogP contribution in [0.2, 0.25) is 0 Å². The molecule has 0 spiro atoms. The summed E-state index contributed by atoms with van der Waals surface area (Å²) in [4.78, 5) is 35.7. The Morgan fingerprint density at radius 3 is 2.58 bits per heavy atom. The summed E-state index contributed by atoms with van der Waals surface area (Å²) in [6.07, 6.45) is 0.845. The van der Waals surface area contributed by atoms with Gasteiger partial charge in [0, 0.05) is 24.2 Å². The number of carbonyl (C=O) groups is 3. The Labute approximate surface area is 151 Å². The Bertz CT molecular complexity index is 863. The Kier molecular flexibility index (Phi) is 4.75. The number of carbonyl (C=O) groups excluding carboxylic acids is 2. The highest BCUT2D eigenvalue weighted by molar-refractivity contribution is 5.98. The van der Waals surface area contributed by atoms with E-state index in [1.165, 1.54) is 0 Å². The molecule has 1 unspecified atom stereocenters. The zero-order chi connectivity index (χ0) is 18.7. The maximum atomic E-state index is 12.5. The molecule has 3 N–H and O–H groups in total. The van der Waals surface area contributed by atoms with E-state index in [0.29, 0.717) is 24.1 Å². The van der Waals surface area contributed by atoms with Gasteiger partial charge in [-0.1, -0.05) is 30.3 Å². The number of carboxylic acids is 1. The molecular formula is C20H20N2O4. The van der Waals surface area contributed by atoms with Crippen molar-refractivity contribution in [1.82, 2.24) is 0 Å². The number of hydrogen-bond acceptors (Lipinski definition) is 3. The minimum Gasteiger partial charge on any atom is -0.481 e. The Morgan fingerprint density at radius 1 is 1.15 bits per heavy atom. The van der Waals surface area contributed by atoms with E-state index in [4.69, 9.17) is 0 Å².